The van der Waals surface area contributed by atoms with E-state index in [0.29, 0.717) is 17.9 Å². The third kappa shape index (κ3) is 4.33. The minimum absolute atomic E-state index is 0.0472. The summed E-state index contributed by atoms with van der Waals surface area (Å²) in [6, 6.07) is 14.9. The van der Waals surface area contributed by atoms with E-state index in [4.69, 9.17) is 10.00 Å². The van der Waals surface area contributed by atoms with Crippen LogP contribution in [-0.4, -0.2) is 6.61 Å². The fraction of sp³-hybridized carbons (Fsp3) is 0.316. The van der Waals surface area contributed by atoms with Crippen molar-refractivity contribution in [2.24, 2.45) is 0 Å². The molecule has 0 N–H and O–H groups in total. The maximum absolute atomic E-state index is 13.8. The summed E-state index contributed by atoms with van der Waals surface area (Å²) in [5.41, 5.74) is 1.61. The first-order valence-electron chi connectivity index (χ1n) is 7.50. The lowest BCUT2D eigenvalue weighted by Gasteiger charge is -2.15. The molecule has 0 aliphatic rings. The van der Waals surface area contributed by atoms with Crippen LogP contribution in [0.1, 0.15) is 43.4 Å². The summed E-state index contributed by atoms with van der Waals surface area (Å²) in [5.74, 6) is 0.205. The highest BCUT2D eigenvalue weighted by Crippen LogP contribution is 2.25. The fourth-order valence-corrected chi connectivity index (χ4v) is 2.00. The molecule has 0 saturated carbocycles. The molecule has 2 rings (SSSR count). The Kier molecular flexibility index (Phi) is 7.12. The van der Waals surface area contributed by atoms with Crippen molar-refractivity contribution in [2.45, 2.75) is 33.6 Å². The fourth-order valence-electron chi connectivity index (χ4n) is 2.00. The van der Waals surface area contributed by atoms with Crippen molar-refractivity contribution < 1.29 is 9.13 Å². The van der Waals surface area contributed by atoms with Gasteiger partial charge in [0.05, 0.1) is 12.2 Å². The molecular weight excluding hydrogens is 277 g/mol. The molecule has 2 aromatic rings. The summed E-state index contributed by atoms with van der Waals surface area (Å²) < 4.78 is 19.5. The predicted octanol–water partition coefficient (Wildman–Crippen LogP) is 5.21. The summed E-state index contributed by atoms with van der Waals surface area (Å²) in [5, 5.41) is 8.77. The molecule has 0 aliphatic heterocycles. The SMILES string of the molecule is CC.Cc1c(OCC(C)c2ccccc2)ccc(C#N)c1F. The molecule has 0 aromatic heterocycles. The average molecular weight is 299 g/mol. The van der Waals surface area contributed by atoms with Crippen molar-refractivity contribution in [1.29, 1.82) is 5.26 Å². The number of benzene rings is 2. The topological polar surface area (TPSA) is 33.0 Å². The standard InChI is InChI=1S/C17H16FNO.C2H6/c1-12(14-6-4-3-5-7-14)11-20-16-9-8-15(10-19)17(18)13(16)2;1-2/h3-9,12H,11H2,1-2H3;1-2H3. The van der Waals surface area contributed by atoms with Gasteiger partial charge in [-0.2, -0.15) is 5.26 Å². The second-order valence-corrected chi connectivity index (χ2v) is 4.78. The molecule has 0 aliphatic carbocycles. The Hall–Kier alpha value is -2.34. The molecule has 2 nitrogen and oxygen atoms in total. The predicted molar refractivity (Wildman–Crippen MR) is 87.6 cm³/mol. The number of rotatable bonds is 4. The van der Waals surface area contributed by atoms with Crippen LogP contribution in [0.15, 0.2) is 42.5 Å². The summed E-state index contributed by atoms with van der Waals surface area (Å²) in [4.78, 5) is 0. The largest absolute Gasteiger partial charge is 0.493 e. The van der Waals surface area contributed by atoms with Crippen molar-refractivity contribution in [2.75, 3.05) is 6.61 Å². The lowest BCUT2D eigenvalue weighted by atomic mass is 10.0. The minimum atomic E-state index is -0.502. The van der Waals surface area contributed by atoms with Crippen molar-refractivity contribution >= 4 is 0 Å². The van der Waals surface area contributed by atoms with E-state index < -0.39 is 5.82 Å². The zero-order chi connectivity index (χ0) is 16.5. The Morgan fingerprint density at radius 3 is 2.36 bits per heavy atom. The van der Waals surface area contributed by atoms with Gasteiger partial charge in [0.2, 0.25) is 0 Å². The van der Waals surface area contributed by atoms with Gasteiger partial charge in [0.1, 0.15) is 17.6 Å². The van der Waals surface area contributed by atoms with Crippen LogP contribution in [0.5, 0.6) is 5.75 Å². The third-order valence-corrected chi connectivity index (χ3v) is 3.31. The molecule has 1 unspecified atom stereocenters. The summed E-state index contributed by atoms with van der Waals surface area (Å²) in [6.45, 7) is 8.15. The number of nitriles is 1. The lowest BCUT2D eigenvalue weighted by molar-refractivity contribution is 0.292. The second kappa shape index (κ2) is 8.84. The molecule has 0 radical (unpaired) electrons. The zero-order valence-electron chi connectivity index (χ0n) is 13.6. The van der Waals surface area contributed by atoms with Gasteiger partial charge < -0.3 is 4.74 Å². The first kappa shape index (κ1) is 17.7. The van der Waals surface area contributed by atoms with E-state index in [1.807, 2.05) is 50.2 Å². The van der Waals surface area contributed by atoms with E-state index in [1.165, 1.54) is 11.6 Å². The van der Waals surface area contributed by atoms with Crippen molar-refractivity contribution in [3.8, 4) is 11.8 Å². The van der Waals surface area contributed by atoms with Crippen LogP contribution in [-0.2, 0) is 0 Å². The van der Waals surface area contributed by atoms with Crippen LogP contribution in [0.3, 0.4) is 0 Å². The van der Waals surface area contributed by atoms with Crippen LogP contribution >= 0.6 is 0 Å². The maximum atomic E-state index is 13.8. The first-order chi connectivity index (χ1) is 10.6. The second-order valence-electron chi connectivity index (χ2n) is 4.78. The van der Waals surface area contributed by atoms with Gasteiger partial charge in [0.25, 0.3) is 0 Å². The van der Waals surface area contributed by atoms with E-state index in [-0.39, 0.29) is 11.5 Å². The van der Waals surface area contributed by atoms with Crippen molar-refractivity contribution in [1.82, 2.24) is 0 Å². The van der Waals surface area contributed by atoms with Crippen LogP contribution in [0.4, 0.5) is 4.39 Å². The highest BCUT2D eigenvalue weighted by Gasteiger charge is 2.12. The molecule has 0 fully saturated rings. The Labute approximate surface area is 132 Å². The Morgan fingerprint density at radius 1 is 1.14 bits per heavy atom. The number of hydrogen-bond acceptors (Lipinski definition) is 2. The quantitative estimate of drug-likeness (QED) is 0.776. The number of hydrogen-bond donors (Lipinski definition) is 0. The van der Waals surface area contributed by atoms with Crippen molar-refractivity contribution in [3.63, 3.8) is 0 Å². The van der Waals surface area contributed by atoms with Crippen LogP contribution in [0, 0.1) is 24.1 Å². The van der Waals surface area contributed by atoms with Gasteiger partial charge in [-0.15, -0.1) is 0 Å². The summed E-state index contributed by atoms with van der Waals surface area (Å²) in [6.07, 6.45) is 0. The van der Waals surface area contributed by atoms with Crippen LogP contribution in [0.2, 0.25) is 0 Å². The monoisotopic (exact) mass is 299 g/mol. The van der Waals surface area contributed by atoms with Gasteiger partial charge in [0.15, 0.2) is 0 Å². The Morgan fingerprint density at radius 2 is 1.77 bits per heavy atom. The summed E-state index contributed by atoms with van der Waals surface area (Å²) >= 11 is 0. The molecule has 3 heteroatoms. The maximum Gasteiger partial charge on any atom is 0.147 e. The molecule has 0 bridgehead atoms. The smallest absolute Gasteiger partial charge is 0.147 e. The van der Waals surface area contributed by atoms with E-state index in [2.05, 4.69) is 6.92 Å². The van der Waals surface area contributed by atoms with E-state index >= 15 is 0 Å². The molecule has 0 amide bonds. The molecule has 0 saturated heterocycles. The lowest BCUT2D eigenvalue weighted by Crippen LogP contribution is -2.08. The van der Waals surface area contributed by atoms with E-state index in [0.717, 1.165) is 0 Å². The van der Waals surface area contributed by atoms with Gasteiger partial charge in [-0.05, 0) is 24.6 Å². The first-order valence-corrected chi connectivity index (χ1v) is 7.50. The normalized spacial score (nSPS) is 10.9. The summed E-state index contributed by atoms with van der Waals surface area (Å²) in [7, 11) is 0. The van der Waals surface area contributed by atoms with E-state index in [9.17, 15) is 4.39 Å². The van der Waals surface area contributed by atoms with Crippen LogP contribution in [0.25, 0.3) is 0 Å². The third-order valence-electron chi connectivity index (χ3n) is 3.31. The van der Waals surface area contributed by atoms with Gasteiger partial charge in [0, 0.05) is 11.5 Å². The molecule has 2 aromatic carbocycles. The van der Waals surface area contributed by atoms with Crippen molar-refractivity contribution in [3.05, 3.63) is 65.0 Å². The van der Waals surface area contributed by atoms with Gasteiger partial charge in [-0.1, -0.05) is 51.1 Å². The zero-order valence-corrected chi connectivity index (χ0v) is 13.6. The van der Waals surface area contributed by atoms with Gasteiger partial charge in [-0.3, -0.25) is 0 Å². The molecule has 0 heterocycles. The molecule has 0 spiro atoms. The number of halogens is 1. The number of ether oxygens (including phenoxy) is 1. The Balaban J connectivity index is 0.00000116. The average Bonchev–Trinajstić information content (AvgIpc) is 2.58. The minimum Gasteiger partial charge on any atom is -0.493 e. The number of nitrogens with zero attached hydrogens (tertiary/aromatic N) is 1. The Bertz CT molecular complexity index is 632. The van der Waals surface area contributed by atoms with Gasteiger partial charge in [-0.25, -0.2) is 4.39 Å². The molecule has 22 heavy (non-hydrogen) atoms. The van der Waals surface area contributed by atoms with Crippen LogP contribution < -0.4 is 4.74 Å². The highest BCUT2D eigenvalue weighted by molar-refractivity contribution is 5.43. The van der Waals surface area contributed by atoms with Gasteiger partial charge >= 0.3 is 0 Å². The molecule has 1 atom stereocenters. The molecule has 116 valence electrons. The highest BCUT2D eigenvalue weighted by atomic mass is 19.1. The molecular formula is C19H22FNO. The van der Waals surface area contributed by atoms with E-state index in [1.54, 1.807) is 13.0 Å².